The Balaban J connectivity index is 0.00000180. The minimum atomic E-state index is -0.383. The zero-order chi connectivity index (χ0) is 13.1. The number of nitrogens with zero attached hydrogens (tertiary/aromatic N) is 1. The Labute approximate surface area is 123 Å². The number of hydrogen-bond donors (Lipinski definition) is 1. The van der Waals surface area contributed by atoms with Gasteiger partial charge in [-0.3, -0.25) is 10.1 Å². The van der Waals surface area contributed by atoms with Crippen molar-refractivity contribution in [3.05, 3.63) is 44.0 Å². The van der Waals surface area contributed by atoms with Crippen molar-refractivity contribution < 1.29 is 4.92 Å². The van der Waals surface area contributed by atoms with Crippen molar-refractivity contribution in [2.75, 3.05) is 13.1 Å². The SMILES string of the molecule is Cc1c(C=C2CCNCC2)cc(Cl)cc1[N+](=O)[O-].Cl. The molecule has 0 spiro atoms. The van der Waals surface area contributed by atoms with E-state index in [0.717, 1.165) is 31.5 Å². The summed E-state index contributed by atoms with van der Waals surface area (Å²) < 4.78 is 0. The molecule has 1 aliphatic heterocycles. The number of halogens is 2. The van der Waals surface area contributed by atoms with Crippen LogP contribution in [0.15, 0.2) is 17.7 Å². The summed E-state index contributed by atoms with van der Waals surface area (Å²) in [6.07, 6.45) is 4.01. The van der Waals surface area contributed by atoms with Crippen LogP contribution in [0.3, 0.4) is 0 Å². The monoisotopic (exact) mass is 302 g/mol. The minimum Gasteiger partial charge on any atom is -0.316 e. The van der Waals surface area contributed by atoms with E-state index in [1.54, 1.807) is 13.0 Å². The first kappa shape index (κ1) is 16.0. The predicted octanol–water partition coefficient (Wildman–Crippen LogP) is 3.75. The molecule has 0 amide bonds. The normalized spacial score (nSPS) is 14.7. The fourth-order valence-corrected chi connectivity index (χ4v) is 2.36. The molecule has 1 saturated heterocycles. The van der Waals surface area contributed by atoms with Crippen LogP contribution >= 0.6 is 24.0 Å². The van der Waals surface area contributed by atoms with Crippen LogP contribution in [0.25, 0.3) is 6.08 Å². The third kappa shape index (κ3) is 3.93. The lowest BCUT2D eigenvalue weighted by atomic mass is 9.99. The van der Waals surface area contributed by atoms with E-state index in [1.807, 2.05) is 6.08 Å². The molecule has 4 nitrogen and oxygen atoms in total. The number of piperidine rings is 1. The summed E-state index contributed by atoms with van der Waals surface area (Å²) in [6, 6.07) is 3.19. The summed E-state index contributed by atoms with van der Waals surface area (Å²) in [6.45, 7) is 3.70. The zero-order valence-corrected chi connectivity index (χ0v) is 12.2. The van der Waals surface area contributed by atoms with E-state index in [4.69, 9.17) is 11.6 Å². The van der Waals surface area contributed by atoms with Crippen LogP contribution in [0.1, 0.15) is 24.0 Å². The molecule has 0 aliphatic carbocycles. The highest BCUT2D eigenvalue weighted by atomic mass is 35.5. The van der Waals surface area contributed by atoms with Gasteiger partial charge in [-0.1, -0.05) is 23.3 Å². The topological polar surface area (TPSA) is 55.2 Å². The summed E-state index contributed by atoms with van der Waals surface area (Å²) in [5, 5.41) is 14.6. The second-order valence-electron chi connectivity index (χ2n) is 4.45. The molecule has 104 valence electrons. The van der Waals surface area contributed by atoms with Gasteiger partial charge in [-0.25, -0.2) is 0 Å². The minimum absolute atomic E-state index is 0. The number of rotatable bonds is 2. The average Bonchev–Trinajstić information content (AvgIpc) is 2.34. The van der Waals surface area contributed by atoms with E-state index >= 15 is 0 Å². The quantitative estimate of drug-likeness (QED) is 0.669. The number of benzene rings is 1. The summed E-state index contributed by atoms with van der Waals surface area (Å²) in [5.41, 5.74) is 2.93. The maximum atomic E-state index is 10.9. The van der Waals surface area contributed by atoms with Gasteiger partial charge < -0.3 is 5.32 Å². The Hall–Kier alpha value is -1.10. The largest absolute Gasteiger partial charge is 0.316 e. The molecule has 0 atom stereocenters. The fraction of sp³-hybridized carbons (Fsp3) is 0.385. The van der Waals surface area contributed by atoms with Crippen molar-refractivity contribution in [3.63, 3.8) is 0 Å². The molecule has 19 heavy (non-hydrogen) atoms. The van der Waals surface area contributed by atoms with Crippen LogP contribution < -0.4 is 5.32 Å². The second kappa shape index (κ2) is 6.89. The van der Waals surface area contributed by atoms with Crippen molar-refractivity contribution in [1.82, 2.24) is 5.32 Å². The Kier molecular flexibility index (Phi) is 5.79. The molecule has 1 N–H and O–H groups in total. The van der Waals surface area contributed by atoms with Gasteiger partial charge in [0.05, 0.1) is 4.92 Å². The Morgan fingerprint density at radius 2 is 2.00 bits per heavy atom. The lowest BCUT2D eigenvalue weighted by Gasteiger charge is -2.15. The molecule has 0 saturated carbocycles. The highest BCUT2D eigenvalue weighted by Gasteiger charge is 2.15. The van der Waals surface area contributed by atoms with Gasteiger partial charge in [-0.05, 0) is 44.5 Å². The van der Waals surface area contributed by atoms with Crippen LogP contribution in [0.4, 0.5) is 5.69 Å². The van der Waals surface area contributed by atoms with Crippen molar-refractivity contribution in [2.24, 2.45) is 0 Å². The molecule has 1 aromatic rings. The number of nitro benzene ring substituents is 1. The average molecular weight is 303 g/mol. The molecular weight excluding hydrogens is 287 g/mol. The van der Waals surface area contributed by atoms with E-state index in [1.165, 1.54) is 11.6 Å². The van der Waals surface area contributed by atoms with Gasteiger partial charge >= 0.3 is 0 Å². The van der Waals surface area contributed by atoms with E-state index < -0.39 is 0 Å². The van der Waals surface area contributed by atoms with Gasteiger partial charge in [-0.15, -0.1) is 12.4 Å². The lowest BCUT2D eigenvalue weighted by Crippen LogP contribution is -2.22. The molecule has 2 rings (SSSR count). The van der Waals surface area contributed by atoms with Crippen molar-refractivity contribution in [3.8, 4) is 0 Å². The molecule has 0 bridgehead atoms. The second-order valence-corrected chi connectivity index (χ2v) is 4.89. The highest BCUT2D eigenvalue weighted by molar-refractivity contribution is 6.31. The van der Waals surface area contributed by atoms with E-state index in [9.17, 15) is 10.1 Å². The van der Waals surface area contributed by atoms with Gasteiger partial charge in [0.2, 0.25) is 0 Å². The first-order chi connectivity index (χ1) is 8.58. The van der Waals surface area contributed by atoms with Gasteiger partial charge in [-0.2, -0.15) is 0 Å². The molecule has 6 heteroatoms. The van der Waals surface area contributed by atoms with E-state index in [-0.39, 0.29) is 23.0 Å². The molecule has 0 aromatic heterocycles. The summed E-state index contributed by atoms with van der Waals surface area (Å²) in [4.78, 5) is 10.6. The molecule has 1 aliphatic rings. The third-order valence-electron chi connectivity index (χ3n) is 3.19. The van der Waals surface area contributed by atoms with E-state index in [2.05, 4.69) is 5.32 Å². The third-order valence-corrected chi connectivity index (χ3v) is 3.41. The summed E-state index contributed by atoms with van der Waals surface area (Å²) >= 11 is 5.94. The Bertz CT molecular complexity index is 508. The van der Waals surface area contributed by atoms with Crippen molar-refractivity contribution >= 4 is 35.8 Å². The van der Waals surface area contributed by atoms with Gasteiger partial charge in [0.25, 0.3) is 5.69 Å². The van der Waals surface area contributed by atoms with Gasteiger partial charge in [0, 0.05) is 16.7 Å². The lowest BCUT2D eigenvalue weighted by molar-refractivity contribution is -0.385. The number of nitrogens with one attached hydrogen (secondary N) is 1. The van der Waals surface area contributed by atoms with Crippen LogP contribution in [0.2, 0.25) is 5.02 Å². The number of nitro groups is 1. The standard InChI is InChI=1S/C13H15ClN2O2.ClH/c1-9-11(6-10-2-4-15-5-3-10)7-12(14)8-13(9)16(17)18;/h6-8,15H,2-5H2,1H3;1H. The molecule has 0 unspecified atom stereocenters. The molecule has 0 radical (unpaired) electrons. The first-order valence-electron chi connectivity index (χ1n) is 5.92. The zero-order valence-electron chi connectivity index (χ0n) is 10.6. The maximum absolute atomic E-state index is 10.9. The molecule has 1 aromatic carbocycles. The Morgan fingerprint density at radius 1 is 1.37 bits per heavy atom. The molecular formula is C13H16Cl2N2O2. The van der Waals surface area contributed by atoms with Crippen LogP contribution in [-0.2, 0) is 0 Å². The summed E-state index contributed by atoms with van der Waals surface area (Å²) in [5.74, 6) is 0. The van der Waals surface area contributed by atoms with Crippen molar-refractivity contribution in [1.29, 1.82) is 0 Å². The van der Waals surface area contributed by atoms with Crippen molar-refractivity contribution in [2.45, 2.75) is 19.8 Å². The van der Waals surface area contributed by atoms with Gasteiger partial charge in [0.1, 0.15) is 0 Å². The maximum Gasteiger partial charge on any atom is 0.274 e. The van der Waals surface area contributed by atoms with Gasteiger partial charge in [0.15, 0.2) is 0 Å². The Morgan fingerprint density at radius 3 is 2.58 bits per heavy atom. The smallest absolute Gasteiger partial charge is 0.274 e. The highest BCUT2D eigenvalue weighted by Crippen LogP contribution is 2.29. The fourth-order valence-electron chi connectivity index (χ4n) is 2.14. The molecule has 1 heterocycles. The van der Waals surface area contributed by atoms with Crippen LogP contribution in [-0.4, -0.2) is 18.0 Å². The van der Waals surface area contributed by atoms with Crippen LogP contribution in [0, 0.1) is 17.0 Å². The molecule has 1 fully saturated rings. The predicted molar refractivity (Wildman–Crippen MR) is 80.2 cm³/mol. The van der Waals surface area contributed by atoms with Crippen LogP contribution in [0.5, 0.6) is 0 Å². The summed E-state index contributed by atoms with van der Waals surface area (Å²) in [7, 11) is 0. The number of hydrogen-bond acceptors (Lipinski definition) is 3. The van der Waals surface area contributed by atoms with E-state index in [0.29, 0.717) is 10.6 Å². The first-order valence-corrected chi connectivity index (χ1v) is 6.30.